The Bertz CT molecular complexity index is 676. The predicted molar refractivity (Wildman–Crippen MR) is 96.0 cm³/mol. The molecule has 0 radical (unpaired) electrons. The molecule has 0 bridgehead atoms. The summed E-state index contributed by atoms with van der Waals surface area (Å²) in [6.07, 6.45) is 1.96. The minimum absolute atomic E-state index is 0.115. The molecule has 1 unspecified atom stereocenters. The van der Waals surface area contributed by atoms with E-state index in [2.05, 4.69) is 45.5 Å². The van der Waals surface area contributed by atoms with Crippen LogP contribution in [0.3, 0.4) is 0 Å². The lowest BCUT2D eigenvalue weighted by Crippen LogP contribution is -2.54. The summed E-state index contributed by atoms with van der Waals surface area (Å²) >= 11 is 3.40. The maximum atomic E-state index is 12.5. The van der Waals surface area contributed by atoms with Gasteiger partial charge in [0.05, 0.1) is 0 Å². The number of amides is 1. The molecule has 0 heterocycles. The molecule has 120 valence electrons. The Morgan fingerprint density at radius 1 is 1.13 bits per heavy atom. The van der Waals surface area contributed by atoms with Gasteiger partial charge in [-0.25, -0.2) is 0 Å². The number of carbonyl (C=O) groups excluding carboxylic acids is 1. The van der Waals surface area contributed by atoms with Crippen molar-refractivity contribution in [2.24, 2.45) is 5.73 Å². The second-order valence-electron chi connectivity index (χ2n) is 6.46. The third-order valence-electron chi connectivity index (χ3n) is 4.66. The van der Waals surface area contributed by atoms with Gasteiger partial charge in [0.25, 0.3) is 0 Å². The molecule has 2 aromatic rings. The molecule has 3 N–H and O–H groups in total. The molecule has 0 aliphatic heterocycles. The average Bonchev–Trinajstić information content (AvgIpc) is 2.51. The summed E-state index contributed by atoms with van der Waals surface area (Å²) in [5, 5.41) is 3.09. The Labute approximate surface area is 145 Å². The first-order valence-electron chi connectivity index (χ1n) is 7.87. The summed E-state index contributed by atoms with van der Waals surface area (Å²) in [5.41, 5.74) is 7.43. The predicted octanol–water partition coefficient (Wildman–Crippen LogP) is 3.69. The molecule has 1 amide bonds. The lowest BCUT2D eigenvalue weighted by molar-refractivity contribution is -0.127. The monoisotopic (exact) mass is 372 g/mol. The van der Waals surface area contributed by atoms with Crippen LogP contribution in [0.15, 0.2) is 59.1 Å². The molecule has 1 saturated carbocycles. The van der Waals surface area contributed by atoms with Gasteiger partial charge in [-0.15, -0.1) is 0 Å². The smallest absolute Gasteiger partial charge is 0.244 e. The van der Waals surface area contributed by atoms with Crippen LogP contribution in [-0.4, -0.2) is 11.9 Å². The summed E-state index contributed by atoms with van der Waals surface area (Å²) in [7, 11) is 0. The quantitative estimate of drug-likeness (QED) is 0.859. The lowest BCUT2D eigenvalue weighted by Gasteiger charge is -2.38. The Balaban J connectivity index is 1.59. The van der Waals surface area contributed by atoms with Crippen molar-refractivity contribution in [3.05, 3.63) is 70.2 Å². The van der Waals surface area contributed by atoms with Gasteiger partial charge in [-0.2, -0.15) is 0 Å². The van der Waals surface area contributed by atoms with Crippen LogP contribution in [0.4, 0.5) is 0 Å². The molecule has 23 heavy (non-hydrogen) atoms. The number of hydrogen-bond donors (Lipinski definition) is 2. The highest BCUT2D eigenvalue weighted by molar-refractivity contribution is 9.10. The minimum Gasteiger partial charge on any atom is -0.351 e. The highest BCUT2D eigenvalue weighted by Gasteiger charge is 2.36. The zero-order valence-corrected chi connectivity index (χ0v) is 14.7. The van der Waals surface area contributed by atoms with Crippen molar-refractivity contribution in [1.82, 2.24) is 5.32 Å². The van der Waals surface area contributed by atoms with Crippen molar-refractivity contribution in [2.45, 2.75) is 37.3 Å². The zero-order valence-electron chi connectivity index (χ0n) is 13.1. The van der Waals surface area contributed by atoms with Gasteiger partial charge in [-0.1, -0.05) is 58.4 Å². The van der Waals surface area contributed by atoms with Crippen LogP contribution in [-0.2, 0) is 10.3 Å². The SMILES string of the molecule is CC(N)(C(=O)NC1CC(c2ccccc2)C1)c1ccc(Br)cc1. The number of benzene rings is 2. The molecule has 4 heteroatoms. The summed E-state index contributed by atoms with van der Waals surface area (Å²) in [5.74, 6) is 0.426. The van der Waals surface area contributed by atoms with Gasteiger partial charge in [0.2, 0.25) is 5.91 Å². The second kappa shape index (κ2) is 6.46. The van der Waals surface area contributed by atoms with E-state index in [1.165, 1.54) is 5.56 Å². The van der Waals surface area contributed by atoms with E-state index < -0.39 is 5.54 Å². The Morgan fingerprint density at radius 2 is 1.74 bits per heavy atom. The Kier molecular flexibility index (Phi) is 4.55. The molecule has 0 spiro atoms. The van der Waals surface area contributed by atoms with Crippen molar-refractivity contribution in [3.8, 4) is 0 Å². The van der Waals surface area contributed by atoms with Crippen LogP contribution >= 0.6 is 15.9 Å². The van der Waals surface area contributed by atoms with Gasteiger partial charge < -0.3 is 11.1 Å². The second-order valence-corrected chi connectivity index (χ2v) is 7.37. The molecular weight excluding hydrogens is 352 g/mol. The third-order valence-corrected chi connectivity index (χ3v) is 5.19. The fraction of sp³-hybridized carbons (Fsp3) is 0.316. The molecule has 1 fully saturated rings. The van der Waals surface area contributed by atoms with Crippen LogP contribution in [0, 0.1) is 0 Å². The molecule has 0 aromatic heterocycles. The van der Waals surface area contributed by atoms with E-state index in [1.807, 2.05) is 30.3 Å². The van der Waals surface area contributed by atoms with E-state index in [-0.39, 0.29) is 11.9 Å². The number of carbonyl (C=O) groups is 1. The Hall–Kier alpha value is -1.65. The number of rotatable bonds is 4. The van der Waals surface area contributed by atoms with E-state index in [4.69, 9.17) is 5.73 Å². The van der Waals surface area contributed by atoms with Gasteiger partial charge in [0.1, 0.15) is 5.54 Å². The van der Waals surface area contributed by atoms with Gasteiger partial charge in [-0.05, 0) is 48.9 Å². The summed E-state index contributed by atoms with van der Waals surface area (Å²) in [6, 6.07) is 18.2. The van der Waals surface area contributed by atoms with E-state index in [9.17, 15) is 4.79 Å². The first-order valence-corrected chi connectivity index (χ1v) is 8.67. The van der Waals surface area contributed by atoms with Crippen LogP contribution in [0.5, 0.6) is 0 Å². The highest BCUT2D eigenvalue weighted by Crippen LogP contribution is 2.37. The standard InChI is InChI=1S/C19H21BrN2O/c1-19(21,15-7-9-16(20)10-8-15)18(23)22-17-11-14(12-17)13-5-3-2-4-6-13/h2-10,14,17H,11-12,21H2,1H3,(H,22,23). The molecule has 3 nitrogen and oxygen atoms in total. The summed E-state index contributed by atoms with van der Waals surface area (Å²) < 4.78 is 0.974. The zero-order chi connectivity index (χ0) is 16.4. The van der Waals surface area contributed by atoms with Crippen molar-refractivity contribution in [3.63, 3.8) is 0 Å². The summed E-state index contributed by atoms with van der Waals surface area (Å²) in [4.78, 5) is 12.5. The topological polar surface area (TPSA) is 55.1 Å². The number of halogens is 1. The van der Waals surface area contributed by atoms with Gasteiger partial charge in [-0.3, -0.25) is 4.79 Å². The van der Waals surface area contributed by atoms with Crippen molar-refractivity contribution < 1.29 is 4.79 Å². The maximum absolute atomic E-state index is 12.5. The Morgan fingerprint density at radius 3 is 2.35 bits per heavy atom. The number of hydrogen-bond acceptors (Lipinski definition) is 2. The van der Waals surface area contributed by atoms with E-state index >= 15 is 0 Å². The van der Waals surface area contributed by atoms with E-state index in [0.29, 0.717) is 5.92 Å². The van der Waals surface area contributed by atoms with Gasteiger partial charge >= 0.3 is 0 Å². The fourth-order valence-corrected chi connectivity index (χ4v) is 3.26. The summed E-state index contributed by atoms with van der Waals surface area (Å²) in [6.45, 7) is 1.76. The van der Waals surface area contributed by atoms with Crippen molar-refractivity contribution >= 4 is 21.8 Å². The highest BCUT2D eigenvalue weighted by atomic mass is 79.9. The maximum Gasteiger partial charge on any atom is 0.244 e. The van der Waals surface area contributed by atoms with Gasteiger partial charge in [0, 0.05) is 10.5 Å². The van der Waals surface area contributed by atoms with Crippen LogP contribution in [0.2, 0.25) is 0 Å². The fourth-order valence-electron chi connectivity index (χ4n) is 3.00. The van der Waals surface area contributed by atoms with Crippen LogP contribution in [0.25, 0.3) is 0 Å². The number of nitrogens with two attached hydrogens (primary N) is 1. The first kappa shape index (κ1) is 16.2. The largest absolute Gasteiger partial charge is 0.351 e. The van der Waals surface area contributed by atoms with E-state index in [1.54, 1.807) is 6.92 Å². The first-order chi connectivity index (χ1) is 11.0. The normalized spacial score (nSPS) is 22.7. The van der Waals surface area contributed by atoms with Crippen LogP contribution in [0.1, 0.15) is 36.8 Å². The molecular formula is C19H21BrN2O. The van der Waals surface area contributed by atoms with E-state index in [0.717, 1.165) is 22.9 Å². The number of nitrogens with one attached hydrogen (secondary N) is 1. The van der Waals surface area contributed by atoms with Crippen molar-refractivity contribution in [1.29, 1.82) is 0 Å². The minimum atomic E-state index is -1.02. The average molecular weight is 373 g/mol. The molecule has 2 aromatic carbocycles. The lowest BCUT2D eigenvalue weighted by atomic mass is 9.75. The van der Waals surface area contributed by atoms with Crippen molar-refractivity contribution in [2.75, 3.05) is 0 Å². The molecule has 1 aliphatic rings. The molecule has 1 aliphatic carbocycles. The third kappa shape index (κ3) is 3.48. The molecule has 3 rings (SSSR count). The van der Waals surface area contributed by atoms with Gasteiger partial charge in [0.15, 0.2) is 0 Å². The molecule has 1 atom stereocenters. The van der Waals surface area contributed by atoms with Crippen LogP contribution < -0.4 is 11.1 Å². The molecule has 0 saturated heterocycles.